The largest absolute Gasteiger partial charge is 0.481 e. The molecule has 2 aromatic rings. The minimum Gasteiger partial charge on any atom is -0.481 e. The number of carbonyl (C=O) groups is 2. The van der Waals surface area contributed by atoms with Crippen LogP contribution in [0.15, 0.2) is 46.4 Å². The zero-order valence-electron chi connectivity index (χ0n) is 23.3. The van der Waals surface area contributed by atoms with Crippen molar-refractivity contribution >= 4 is 34.3 Å². The number of rotatable bonds is 7. The van der Waals surface area contributed by atoms with E-state index in [4.69, 9.17) is 4.74 Å². The second-order valence-corrected chi connectivity index (χ2v) is 11.5. The van der Waals surface area contributed by atoms with E-state index in [2.05, 4.69) is 16.5 Å². The lowest BCUT2D eigenvalue weighted by Gasteiger charge is -2.41. The van der Waals surface area contributed by atoms with Gasteiger partial charge in [-0.3, -0.25) is 19.1 Å². The van der Waals surface area contributed by atoms with E-state index in [9.17, 15) is 19.5 Å². The third-order valence-electron chi connectivity index (χ3n) is 9.26. The van der Waals surface area contributed by atoms with Gasteiger partial charge in [-0.1, -0.05) is 12.7 Å². The van der Waals surface area contributed by atoms with Gasteiger partial charge in [-0.15, -0.1) is 0 Å². The van der Waals surface area contributed by atoms with Gasteiger partial charge in [0, 0.05) is 64.6 Å². The third kappa shape index (κ3) is 4.38. The number of aromatic nitrogens is 3. The van der Waals surface area contributed by atoms with Gasteiger partial charge in [0.2, 0.25) is 5.91 Å². The number of fused-ring (bicyclic) bond motifs is 1. The molecule has 1 N–H and O–H groups in total. The molecule has 0 radical (unpaired) electrons. The van der Waals surface area contributed by atoms with Gasteiger partial charge in [0.25, 0.3) is 5.56 Å². The van der Waals surface area contributed by atoms with Crippen LogP contribution >= 0.6 is 0 Å². The highest BCUT2D eigenvalue weighted by molar-refractivity contribution is 5.91. The van der Waals surface area contributed by atoms with Gasteiger partial charge in [0.1, 0.15) is 11.2 Å². The molecule has 4 heterocycles. The zero-order valence-corrected chi connectivity index (χ0v) is 23.3. The zero-order chi connectivity index (χ0) is 28.1. The molecule has 10 nitrogen and oxygen atoms in total. The number of amides is 1. The van der Waals surface area contributed by atoms with Gasteiger partial charge < -0.3 is 19.6 Å². The van der Waals surface area contributed by atoms with E-state index < -0.39 is 5.97 Å². The maximum atomic E-state index is 14.2. The molecule has 1 amide bonds. The summed E-state index contributed by atoms with van der Waals surface area (Å²) in [4.78, 5) is 47.7. The van der Waals surface area contributed by atoms with Crippen LogP contribution in [0.4, 0.5) is 5.82 Å². The molecule has 4 aliphatic rings. The van der Waals surface area contributed by atoms with Crippen molar-refractivity contribution in [3.8, 4) is 0 Å². The Morgan fingerprint density at radius 3 is 2.52 bits per heavy atom. The maximum Gasteiger partial charge on any atom is 0.306 e. The number of ether oxygens (including phenoxy) is 1. The molecule has 40 heavy (non-hydrogen) atoms. The highest BCUT2D eigenvalue weighted by Gasteiger charge is 2.38. The molecule has 2 aliphatic carbocycles. The molecule has 10 heteroatoms. The highest BCUT2D eigenvalue weighted by Crippen LogP contribution is 2.41. The van der Waals surface area contributed by atoms with Crippen molar-refractivity contribution < 1.29 is 19.4 Å². The molecular formula is C30H37N5O5. The fourth-order valence-corrected chi connectivity index (χ4v) is 6.56. The number of methoxy groups -OCH3 is 1. The normalized spacial score (nSPS) is 23.6. The van der Waals surface area contributed by atoms with Crippen LogP contribution < -0.4 is 10.5 Å². The summed E-state index contributed by atoms with van der Waals surface area (Å²) >= 11 is 0. The Balaban J connectivity index is 1.42. The number of carboxylic acid groups (broad SMARTS) is 1. The number of aryl methyl sites for hydroxylation is 1. The minimum atomic E-state index is -0.768. The monoisotopic (exact) mass is 547 g/mol. The second kappa shape index (κ2) is 10.4. The molecule has 212 valence electrons. The van der Waals surface area contributed by atoms with Crippen molar-refractivity contribution in [3.63, 3.8) is 0 Å². The van der Waals surface area contributed by atoms with E-state index >= 15 is 0 Å². The van der Waals surface area contributed by atoms with Crippen LogP contribution in [0.25, 0.3) is 16.6 Å². The lowest BCUT2D eigenvalue weighted by atomic mass is 9.78. The maximum absolute atomic E-state index is 14.2. The molecule has 2 aromatic heterocycles. The average molecular weight is 548 g/mol. The first-order valence-corrected chi connectivity index (χ1v) is 14.3. The summed E-state index contributed by atoms with van der Waals surface area (Å²) in [5.41, 5.74) is 4.35. The predicted molar refractivity (Wildman–Crippen MR) is 152 cm³/mol. The fraction of sp³-hybridized carbons (Fsp3) is 0.533. The molecule has 0 saturated carbocycles. The van der Waals surface area contributed by atoms with Crippen molar-refractivity contribution in [2.75, 3.05) is 38.2 Å². The summed E-state index contributed by atoms with van der Waals surface area (Å²) in [6.45, 7) is 7.41. The molecule has 2 atom stereocenters. The topological polar surface area (TPSA) is 110 Å². The van der Waals surface area contributed by atoms with Crippen molar-refractivity contribution in [3.05, 3.63) is 52.0 Å². The lowest BCUT2D eigenvalue weighted by molar-refractivity contribution is -0.147. The first-order chi connectivity index (χ1) is 19.3. The Labute approximate surface area is 233 Å². The predicted octanol–water partition coefficient (Wildman–Crippen LogP) is 3.18. The molecule has 0 aromatic carbocycles. The summed E-state index contributed by atoms with van der Waals surface area (Å²) in [5, 5.41) is 10.0. The van der Waals surface area contributed by atoms with Crippen LogP contribution in [0, 0.1) is 11.8 Å². The number of likely N-dealkylation sites (tertiary alicyclic amines) is 1. The highest BCUT2D eigenvalue weighted by atomic mass is 16.5. The number of hydrogen-bond donors (Lipinski definition) is 1. The molecule has 6 rings (SSSR count). The summed E-state index contributed by atoms with van der Waals surface area (Å²) < 4.78 is 8.99. The number of aliphatic carboxylic acids is 1. The quantitative estimate of drug-likeness (QED) is 0.567. The Bertz CT molecular complexity index is 1500. The summed E-state index contributed by atoms with van der Waals surface area (Å²) in [6.07, 6.45) is 8.31. The molecule has 2 aliphatic heterocycles. The number of anilines is 1. The van der Waals surface area contributed by atoms with Gasteiger partial charge in [-0.25, -0.2) is 9.67 Å². The molecule has 0 spiro atoms. The number of carboxylic acids is 1. The third-order valence-corrected chi connectivity index (χ3v) is 9.26. The standard InChI is InChI=1S/C30H37N5O5/c1-18(19-5-7-20(8-6-19)30(38)39)23-10-9-21(28(36)34-16-22(17-34)40-3)15-25(23)35-29(37)26-24(32(35)2)11-12-31-27(26)33-13-4-14-33/h5,11-12,20-22H,1,4,6-10,13-17H2,2-3H3,(H,38,39). The van der Waals surface area contributed by atoms with Gasteiger partial charge in [-0.2, -0.15) is 0 Å². The van der Waals surface area contributed by atoms with E-state index in [1.54, 1.807) is 18.0 Å². The Kier molecular flexibility index (Phi) is 6.90. The van der Waals surface area contributed by atoms with Crippen molar-refractivity contribution in [2.24, 2.45) is 18.9 Å². The fourth-order valence-electron chi connectivity index (χ4n) is 6.56. The first-order valence-electron chi connectivity index (χ1n) is 14.3. The molecule has 0 bridgehead atoms. The van der Waals surface area contributed by atoms with Gasteiger partial charge in [0.15, 0.2) is 0 Å². The number of nitrogens with zero attached hydrogens (tertiary/aromatic N) is 5. The van der Waals surface area contributed by atoms with Crippen LogP contribution in [-0.4, -0.2) is 75.6 Å². The number of allylic oxidation sites excluding steroid dienone is 5. The van der Waals surface area contributed by atoms with E-state index in [1.165, 1.54) is 0 Å². The summed E-state index contributed by atoms with van der Waals surface area (Å²) in [5.74, 6) is -0.562. The van der Waals surface area contributed by atoms with E-state index in [0.29, 0.717) is 62.8 Å². The van der Waals surface area contributed by atoms with Crippen molar-refractivity contribution in [1.82, 2.24) is 19.2 Å². The van der Waals surface area contributed by atoms with E-state index in [0.717, 1.165) is 47.4 Å². The van der Waals surface area contributed by atoms with Crippen LogP contribution in [0.3, 0.4) is 0 Å². The van der Waals surface area contributed by atoms with E-state index in [1.807, 2.05) is 28.8 Å². The van der Waals surface area contributed by atoms with Crippen molar-refractivity contribution in [2.45, 2.75) is 51.0 Å². The lowest BCUT2D eigenvalue weighted by Crippen LogP contribution is -2.56. The second-order valence-electron chi connectivity index (χ2n) is 11.5. The molecule has 2 unspecified atom stereocenters. The van der Waals surface area contributed by atoms with Gasteiger partial charge >= 0.3 is 5.97 Å². The van der Waals surface area contributed by atoms with Gasteiger partial charge in [-0.05, 0) is 61.3 Å². The van der Waals surface area contributed by atoms with Crippen LogP contribution in [0.2, 0.25) is 0 Å². The SMILES string of the molecule is C=C(C1=CCC(C(=O)O)CC1)C1=C(n2c(=O)c3c(N4CCC4)nccc3n2C)CC(C(=O)N2CC(OC)C2)CC1. The number of hydrogen-bond acceptors (Lipinski definition) is 6. The van der Waals surface area contributed by atoms with E-state index in [-0.39, 0.29) is 29.4 Å². The molecular weight excluding hydrogens is 510 g/mol. The molecule has 2 fully saturated rings. The molecule has 2 saturated heterocycles. The smallest absolute Gasteiger partial charge is 0.306 e. The number of pyridine rings is 1. The van der Waals surface area contributed by atoms with Crippen LogP contribution in [0.1, 0.15) is 44.9 Å². The summed E-state index contributed by atoms with van der Waals surface area (Å²) in [7, 11) is 3.55. The number of carbonyl (C=O) groups excluding carboxylic acids is 1. The minimum absolute atomic E-state index is 0.0824. The Hall–Kier alpha value is -3.66. The van der Waals surface area contributed by atoms with Crippen LogP contribution in [-0.2, 0) is 21.4 Å². The summed E-state index contributed by atoms with van der Waals surface area (Å²) in [6, 6.07) is 1.87. The average Bonchev–Trinajstić information content (AvgIpc) is 3.16. The van der Waals surface area contributed by atoms with Gasteiger partial charge in [0.05, 0.1) is 17.5 Å². The first kappa shape index (κ1) is 26.6. The Morgan fingerprint density at radius 2 is 1.90 bits per heavy atom. The Morgan fingerprint density at radius 1 is 1.15 bits per heavy atom. The van der Waals surface area contributed by atoms with Crippen LogP contribution in [0.5, 0.6) is 0 Å². The van der Waals surface area contributed by atoms with Crippen molar-refractivity contribution in [1.29, 1.82) is 0 Å².